The summed E-state index contributed by atoms with van der Waals surface area (Å²) in [6.07, 6.45) is 1.95. The van der Waals surface area contributed by atoms with Crippen LogP contribution in [-0.4, -0.2) is 41.0 Å². The standard InChI is InChI=1S/C32H42FNO6/c1-9-32(6,7)31(38)40-18-26-28(21-10-12-22(33)13-11-21)25(29(19(2)3)34-30(26)20(4)5)15-14-23(35)16-24(36)17-27(37)39-8/h10-15,19-20,23,35H,9,16-18H2,1-8H3. The quantitative estimate of drug-likeness (QED) is 0.222. The monoisotopic (exact) mass is 555 g/mol. The third kappa shape index (κ3) is 8.55. The molecule has 0 saturated heterocycles. The SMILES string of the molecule is CCC(C)(C)C(=O)OCc1c(C(C)C)nc(C(C)C)c(C=CC(O)CC(=O)CC(=O)OC)c1-c1ccc(F)cc1. The summed E-state index contributed by atoms with van der Waals surface area (Å²) in [5.41, 5.74) is 3.63. The van der Waals surface area contributed by atoms with Gasteiger partial charge >= 0.3 is 11.9 Å². The molecule has 1 heterocycles. The van der Waals surface area contributed by atoms with Crippen LogP contribution < -0.4 is 0 Å². The summed E-state index contributed by atoms with van der Waals surface area (Å²) in [4.78, 5) is 41.5. The highest BCUT2D eigenvalue weighted by molar-refractivity contribution is 5.95. The third-order valence-corrected chi connectivity index (χ3v) is 6.90. The number of nitrogens with zero attached hydrogens (tertiary/aromatic N) is 1. The molecule has 0 amide bonds. The summed E-state index contributed by atoms with van der Waals surface area (Å²) in [5.74, 6) is -1.87. The zero-order chi connectivity index (χ0) is 30.2. The normalized spacial score (nSPS) is 12.7. The number of ether oxygens (including phenoxy) is 2. The van der Waals surface area contributed by atoms with Gasteiger partial charge in [0.25, 0.3) is 0 Å². The van der Waals surface area contributed by atoms with Gasteiger partial charge in [-0.1, -0.05) is 58.9 Å². The minimum atomic E-state index is -1.16. The van der Waals surface area contributed by atoms with E-state index in [9.17, 15) is 23.9 Å². The molecule has 1 N–H and O–H groups in total. The van der Waals surface area contributed by atoms with Gasteiger partial charge in [0.2, 0.25) is 0 Å². The largest absolute Gasteiger partial charge is 0.469 e. The molecule has 1 aromatic heterocycles. The van der Waals surface area contributed by atoms with Crippen LogP contribution >= 0.6 is 0 Å². The minimum Gasteiger partial charge on any atom is -0.469 e. The van der Waals surface area contributed by atoms with Crippen molar-refractivity contribution in [2.75, 3.05) is 7.11 Å². The van der Waals surface area contributed by atoms with E-state index in [-0.39, 0.29) is 36.7 Å². The van der Waals surface area contributed by atoms with E-state index in [0.717, 1.165) is 11.4 Å². The van der Waals surface area contributed by atoms with E-state index < -0.39 is 29.7 Å². The van der Waals surface area contributed by atoms with Crippen molar-refractivity contribution in [3.63, 3.8) is 0 Å². The first-order valence-electron chi connectivity index (χ1n) is 13.7. The maximum Gasteiger partial charge on any atom is 0.313 e. The van der Waals surface area contributed by atoms with Crippen LogP contribution in [0, 0.1) is 11.2 Å². The molecular weight excluding hydrogens is 513 g/mol. The predicted octanol–water partition coefficient (Wildman–Crippen LogP) is 6.51. The van der Waals surface area contributed by atoms with Crippen LogP contribution in [0.1, 0.15) is 102 Å². The second-order valence-corrected chi connectivity index (χ2v) is 11.2. The van der Waals surface area contributed by atoms with Gasteiger partial charge in [0.15, 0.2) is 0 Å². The molecule has 0 radical (unpaired) electrons. The Morgan fingerprint density at radius 1 is 1.05 bits per heavy atom. The lowest BCUT2D eigenvalue weighted by molar-refractivity contribution is -0.155. The Morgan fingerprint density at radius 2 is 1.65 bits per heavy atom. The molecule has 0 saturated carbocycles. The number of hydrogen-bond acceptors (Lipinski definition) is 7. The van der Waals surface area contributed by atoms with E-state index in [1.165, 1.54) is 25.3 Å². The molecule has 40 heavy (non-hydrogen) atoms. The molecule has 2 rings (SSSR count). The molecule has 0 fully saturated rings. The number of Topliss-reactive ketones (excluding diaryl/α,β-unsaturated/α-hetero) is 1. The van der Waals surface area contributed by atoms with Crippen LogP contribution in [0.4, 0.5) is 4.39 Å². The highest BCUT2D eigenvalue weighted by Gasteiger charge is 2.29. The van der Waals surface area contributed by atoms with Gasteiger partial charge in [0.05, 0.1) is 30.0 Å². The Kier molecular flexibility index (Phi) is 11.7. The summed E-state index contributed by atoms with van der Waals surface area (Å²) >= 11 is 0. The summed E-state index contributed by atoms with van der Waals surface area (Å²) in [6, 6.07) is 6.05. The van der Waals surface area contributed by atoms with Gasteiger partial charge in [-0.3, -0.25) is 19.4 Å². The van der Waals surface area contributed by atoms with Crippen molar-refractivity contribution < 1.29 is 33.4 Å². The molecule has 1 aromatic carbocycles. The molecule has 2 aromatic rings. The molecule has 0 aliphatic carbocycles. The van der Waals surface area contributed by atoms with Gasteiger partial charge in [-0.05, 0) is 55.4 Å². The fourth-order valence-electron chi connectivity index (χ4n) is 4.15. The number of aliphatic hydroxyl groups excluding tert-OH is 1. The lowest BCUT2D eigenvalue weighted by Gasteiger charge is -2.25. The molecule has 218 valence electrons. The fourth-order valence-corrected chi connectivity index (χ4v) is 4.15. The first-order chi connectivity index (χ1) is 18.7. The molecule has 1 unspecified atom stereocenters. The van der Waals surface area contributed by atoms with Gasteiger partial charge in [0, 0.05) is 17.5 Å². The number of benzene rings is 1. The van der Waals surface area contributed by atoms with Crippen molar-refractivity contribution in [2.24, 2.45) is 5.41 Å². The first kappa shape index (κ1) is 32.8. The number of carbonyl (C=O) groups is 3. The second-order valence-electron chi connectivity index (χ2n) is 11.2. The maximum atomic E-state index is 13.9. The van der Waals surface area contributed by atoms with Crippen LogP contribution in [0.25, 0.3) is 17.2 Å². The molecule has 0 spiro atoms. The van der Waals surface area contributed by atoms with Gasteiger partial charge in [-0.15, -0.1) is 0 Å². The summed E-state index contributed by atoms with van der Waals surface area (Å²) in [7, 11) is 1.20. The molecule has 7 nitrogen and oxygen atoms in total. The topological polar surface area (TPSA) is 103 Å². The van der Waals surface area contributed by atoms with Crippen molar-refractivity contribution in [3.8, 4) is 11.1 Å². The van der Waals surface area contributed by atoms with Crippen molar-refractivity contribution in [3.05, 3.63) is 58.7 Å². The molecule has 8 heteroatoms. The number of aliphatic hydroxyl groups is 1. The van der Waals surface area contributed by atoms with Crippen molar-refractivity contribution in [1.29, 1.82) is 0 Å². The van der Waals surface area contributed by atoms with Crippen molar-refractivity contribution in [1.82, 2.24) is 4.98 Å². The van der Waals surface area contributed by atoms with Crippen LogP contribution in [-0.2, 0) is 30.5 Å². The average Bonchev–Trinajstić information content (AvgIpc) is 2.89. The Bertz CT molecular complexity index is 1230. The molecule has 0 bridgehead atoms. The number of pyridine rings is 1. The number of esters is 2. The number of ketones is 1. The highest BCUT2D eigenvalue weighted by atomic mass is 19.1. The fraction of sp³-hybridized carbons (Fsp3) is 0.500. The van der Waals surface area contributed by atoms with E-state index in [1.807, 2.05) is 48.5 Å². The number of halogens is 1. The number of carbonyl (C=O) groups excluding carboxylic acids is 3. The van der Waals surface area contributed by atoms with Crippen molar-refractivity contribution in [2.45, 2.75) is 92.3 Å². The maximum absolute atomic E-state index is 13.9. The van der Waals surface area contributed by atoms with Crippen molar-refractivity contribution >= 4 is 23.8 Å². The summed E-state index contributed by atoms with van der Waals surface area (Å²) in [6.45, 7) is 13.6. The average molecular weight is 556 g/mol. The van der Waals surface area contributed by atoms with E-state index in [1.54, 1.807) is 18.2 Å². The highest BCUT2D eigenvalue weighted by Crippen LogP contribution is 2.38. The van der Waals surface area contributed by atoms with Gasteiger partial charge < -0.3 is 14.6 Å². The lowest BCUT2D eigenvalue weighted by Crippen LogP contribution is -2.26. The van der Waals surface area contributed by atoms with Gasteiger partial charge in [-0.2, -0.15) is 0 Å². The predicted molar refractivity (Wildman–Crippen MR) is 153 cm³/mol. The Morgan fingerprint density at radius 3 is 2.17 bits per heavy atom. The van der Waals surface area contributed by atoms with E-state index in [2.05, 4.69) is 4.74 Å². The van der Waals surface area contributed by atoms with Crippen LogP contribution in [0.3, 0.4) is 0 Å². The lowest BCUT2D eigenvalue weighted by atomic mass is 9.86. The van der Waals surface area contributed by atoms with Gasteiger partial charge in [-0.25, -0.2) is 4.39 Å². The van der Waals surface area contributed by atoms with E-state index in [0.29, 0.717) is 28.7 Å². The molecule has 1 atom stereocenters. The van der Waals surface area contributed by atoms with Crippen LogP contribution in [0.5, 0.6) is 0 Å². The summed E-state index contributed by atoms with van der Waals surface area (Å²) in [5, 5.41) is 10.6. The van der Waals surface area contributed by atoms with E-state index in [4.69, 9.17) is 9.72 Å². The zero-order valence-electron chi connectivity index (χ0n) is 24.8. The minimum absolute atomic E-state index is 0.0100. The molecule has 0 aliphatic rings. The molecular formula is C32H42FNO6. The molecule has 0 aliphatic heterocycles. The Labute approximate surface area is 236 Å². The number of hydrogen-bond donors (Lipinski definition) is 1. The number of methoxy groups -OCH3 is 1. The number of rotatable bonds is 13. The third-order valence-electron chi connectivity index (χ3n) is 6.90. The second kappa shape index (κ2) is 14.3. The van der Waals surface area contributed by atoms with Gasteiger partial charge in [0.1, 0.15) is 24.6 Å². The Hall–Kier alpha value is -3.39. The Balaban J connectivity index is 2.72. The smallest absolute Gasteiger partial charge is 0.313 e. The first-order valence-corrected chi connectivity index (χ1v) is 13.7. The number of aromatic nitrogens is 1. The van der Waals surface area contributed by atoms with E-state index >= 15 is 0 Å². The van der Waals surface area contributed by atoms with Crippen LogP contribution in [0.15, 0.2) is 30.3 Å². The zero-order valence-corrected chi connectivity index (χ0v) is 24.8. The summed E-state index contributed by atoms with van der Waals surface area (Å²) < 4.78 is 24.3. The van der Waals surface area contributed by atoms with Crippen LogP contribution in [0.2, 0.25) is 0 Å².